The van der Waals surface area contributed by atoms with Crippen LogP contribution in [0.5, 0.6) is 0 Å². The van der Waals surface area contributed by atoms with Gasteiger partial charge in [0.05, 0.1) is 23.4 Å². The molecule has 2 N–H and O–H groups in total. The molecule has 0 saturated carbocycles. The Hall–Kier alpha value is -1.27. The third kappa shape index (κ3) is 2.45. The molecule has 0 radical (unpaired) electrons. The van der Waals surface area contributed by atoms with Crippen molar-refractivity contribution < 1.29 is 9.66 Å². The van der Waals surface area contributed by atoms with Crippen molar-refractivity contribution >= 4 is 23.1 Å². The van der Waals surface area contributed by atoms with E-state index in [4.69, 9.17) is 10.5 Å². The van der Waals surface area contributed by atoms with E-state index < -0.39 is 4.92 Å². The van der Waals surface area contributed by atoms with Gasteiger partial charge in [-0.3, -0.25) is 10.1 Å². The molecule has 86 valence electrons. The molecular weight excluding hydrogens is 228 g/mol. The molecule has 0 aromatic heterocycles. The predicted octanol–water partition coefficient (Wildman–Crippen LogP) is 1.81. The van der Waals surface area contributed by atoms with Crippen molar-refractivity contribution in [1.29, 1.82) is 0 Å². The van der Waals surface area contributed by atoms with Crippen LogP contribution in [0.15, 0.2) is 18.2 Å². The molecule has 0 aliphatic carbocycles. The Kier molecular flexibility index (Phi) is 3.31. The highest BCUT2D eigenvalue weighted by molar-refractivity contribution is 7.99. The van der Waals surface area contributed by atoms with Gasteiger partial charge in [-0.2, -0.15) is 0 Å². The zero-order valence-corrected chi connectivity index (χ0v) is 9.40. The van der Waals surface area contributed by atoms with Crippen molar-refractivity contribution in [2.75, 3.05) is 18.9 Å². The number of ether oxygens (including phenoxy) is 1. The second-order valence-electron chi connectivity index (χ2n) is 3.62. The van der Waals surface area contributed by atoms with Crippen LogP contribution >= 0.6 is 11.8 Å². The highest BCUT2D eigenvalue weighted by atomic mass is 32.2. The lowest BCUT2D eigenvalue weighted by atomic mass is 10.2. The van der Waals surface area contributed by atoms with E-state index >= 15 is 0 Å². The zero-order chi connectivity index (χ0) is 11.5. The van der Waals surface area contributed by atoms with Crippen LogP contribution < -0.4 is 5.73 Å². The molecule has 1 aromatic rings. The minimum absolute atomic E-state index is 0.0111. The van der Waals surface area contributed by atoms with E-state index in [1.54, 1.807) is 23.9 Å². The largest absolute Gasteiger partial charge is 0.393 e. The summed E-state index contributed by atoms with van der Waals surface area (Å²) in [5.41, 5.74) is 6.65. The van der Waals surface area contributed by atoms with Crippen LogP contribution in [0, 0.1) is 10.1 Å². The van der Waals surface area contributed by atoms with Gasteiger partial charge < -0.3 is 10.5 Å². The molecule has 0 spiro atoms. The van der Waals surface area contributed by atoms with Crippen LogP contribution in [0.25, 0.3) is 0 Å². The minimum Gasteiger partial charge on any atom is -0.393 e. The molecule has 0 unspecified atom stereocenters. The second kappa shape index (κ2) is 4.71. The van der Waals surface area contributed by atoms with Crippen LogP contribution in [0.1, 0.15) is 5.56 Å². The fourth-order valence-corrected chi connectivity index (χ4v) is 2.35. The highest BCUT2D eigenvalue weighted by Crippen LogP contribution is 2.27. The summed E-state index contributed by atoms with van der Waals surface area (Å²) in [6.45, 7) is 1.56. The topological polar surface area (TPSA) is 78.4 Å². The molecule has 1 heterocycles. The highest BCUT2D eigenvalue weighted by Gasteiger charge is 2.19. The monoisotopic (exact) mass is 240 g/mol. The SMILES string of the molecule is Nc1ccc(CSC2COC2)cc1[N+](=O)[O-]. The van der Waals surface area contributed by atoms with Crippen LogP contribution in [-0.2, 0) is 10.5 Å². The quantitative estimate of drug-likeness (QED) is 0.493. The molecule has 5 nitrogen and oxygen atoms in total. The van der Waals surface area contributed by atoms with Gasteiger partial charge in [-0.05, 0) is 11.6 Å². The van der Waals surface area contributed by atoms with Crippen LogP contribution in [-0.4, -0.2) is 23.4 Å². The van der Waals surface area contributed by atoms with Crippen molar-refractivity contribution in [3.63, 3.8) is 0 Å². The van der Waals surface area contributed by atoms with Gasteiger partial charge in [-0.15, -0.1) is 11.8 Å². The van der Waals surface area contributed by atoms with E-state index in [2.05, 4.69) is 0 Å². The van der Waals surface area contributed by atoms with Crippen molar-refractivity contribution in [3.8, 4) is 0 Å². The lowest BCUT2D eigenvalue weighted by molar-refractivity contribution is -0.383. The van der Waals surface area contributed by atoms with Gasteiger partial charge in [0.15, 0.2) is 0 Å². The first-order chi connectivity index (χ1) is 7.66. The van der Waals surface area contributed by atoms with E-state index in [-0.39, 0.29) is 11.4 Å². The standard InChI is InChI=1S/C10H12N2O3S/c11-9-2-1-7(3-10(9)12(13)14)6-16-8-4-15-5-8/h1-3,8H,4-6,11H2. The number of anilines is 1. The first kappa shape index (κ1) is 11.2. The minimum atomic E-state index is -0.448. The molecule has 1 fully saturated rings. The molecule has 16 heavy (non-hydrogen) atoms. The van der Waals surface area contributed by atoms with Crippen molar-refractivity contribution in [1.82, 2.24) is 0 Å². The van der Waals surface area contributed by atoms with E-state index in [0.717, 1.165) is 24.5 Å². The summed E-state index contributed by atoms with van der Waals surface area (Å²) in [6.07, 6.45) is 0. The Morgan fingerprint density at radius 2 is 2.31 bits per heavy atom. The Bertz CT molecular complexity index is 407. The summed E-state index contributed by atoms with van der Waals surface area (Å²) in [4.78, 5) is 10.2. The Morgan fingerprint density at radius 3 is 2.88 bits per heavy atom. The molecule has 1 aliphatic heterocycles. The first-order valence-corrected chi connectivity index (χ1v) is 5.94. The number of nitrogens with zero attached hydrogens (tertiary/aromatic N) is 1. The normalized spacial score (nSPS) is 15.8. The molecule has 0 bridgehead atoms. The molecular formula is C10H12N2O3S. The molecule has 0 atom stereocenters. The van der Waals surface area contributed by atoms with E-state index in [0.29, 0.717) is 5.25 Å². The molecule has 1 aliphatic rings. The number of benzene rings is 1. The molecule has 6 heteroatoms. The number of thioether (sulfide) groups is 1. The number of hydrogen-bond donors (Lipinski definition) is 1. The van der Waals surface area contributed by atoms with Gasteiger partial charge in [-0.25, -0.2) is 0 Å². The number of nitrogen functional groups attached to an aromatic ring is 1. The molecule has 2 rings (SSSR count). The summed E-state index contributed by atoms with van der Waals surface area (Å²) in [7, 11) is 0. The third-order valence-electron chi connectivity index (χ3n) is 2.38. The zero-order valence-electron chi connectivity index (χ0n) is 8.59. The van der Waals surface area contributed by atoms with E-state index in [1.165, 1.54) is 0 Å². The van der Waals surface area contributed by atoms with Crippen molar-refractivity contribution in [3.05, 3.63) is 33.9 Å². The summed E-state index contributed by atoms with van der Waals surface area (Å²) >= 11 is 1.75. The maximum Gasteiger partial charge on any atom is 0.292 e. The first-order valence-electron chi connectivity index (χ1n) is 4.89. The van der Waals surface area contributed by atoms with E-state index in [9.17, 15) is 10.1 Å². The third-order valence-corrected chi connectivity index (χ3v) is 3.63. The van der Waals surface area contributed by atoms with Gasteiger partial charge in [0.2, 0.25) is 0 Å². The van der Waals surface area contributed by atoms with Gasteiger partial charge in [0.1, 0.15) is 5.69 Å². The van der Waals surface area contributed by atoms with Crippen molar-refractivity contribution in [2.24, 2.45) is 0 Å². The smallest absolute Gasteiger partial charge is 0.292 e. The van der Waals surface area contributed by atoms with Gasteiger partial charge in [-0.1, -0.05) is 6.07 Å². The van der Waals surface area contributed by atoms with Gasteiger partial charge in [0, 0.05) is 11.8 Å². The summed E-state index contributed by atoms with van der Waals surface area (Å²) in [5, 5.41) is 11.2. The van der Waals surface area contributed by atoms with Crippen molar-refractivity contribution in [2.45, 2.75) is 11.0 Å². The van der Waals surface area contributed by atoms with E-state index in [1.807, 2.05) is 6.07 Å². The second-order valence-corrected chi connectivity index (χ2v) is 4.91. The lowest BCUT2D eigenvalue weighted by Gasteiger charge is -2.25. The average molecular weight is 240 g/mol. The summed E-state index contributed by atoms with van der Waals surface area (Å²) in [5.74, 6) is 0.759. The van der Waals surface area contributed by atoms with Crippen LogP contribution in [0.2, 0.25) is 0 Å². The Labute approximate surface area is 97.1 Å². The number of nitro groups is 1. The molecule has 1 aromatic carbocycles. The molecule has 0 amide bonds. The Balaban J connectivity index is 2.03. The average Bonchev–Trinajstić information content (AvgIpc) is 2.17. The lowest BCUT2D eigenvalue weighted by Crippen LogP contribution is -2.30. The number of nitro benzene ring substituents is 1. The number of hydrogen-bond acceptors (Lipinski definition) is 5. The maximum absolute atomic E-state index is 10.7. The fraction of sp³-hybridized carbons (Fsp3) is 0.400. The Morgan fingerprint density at radius 1 is 1.56 bits per heavy atom. The summed E-state index contributed by atoms with van der Waals surface area (Å²) in [6, 6.07) is 4.96. The number of nitrogens with two attached hydrogens (primary N) is 1. The predicted molar refractivity (Wildman–Crippen MR) is 63.4 cm³/mol. The van der Waals surface area contributed by atoms with Crippen LogP contribution in [0.3, 0.4) is 0 Å². The fourth-order valence-electron chi connectivity index (χ4n) is 1.36. The maximum atomic E-state index is 10.7. The molecule has 1 saturated heterocycles. The van der Waals surface area contributed by atoms with Gasteiger partial charge in [0.25, 0.3) is 5.69 Å². The van der Waals surface area contributed by atoms with Gasteiger partial charge >= 0.3 is 0 Å². The summed E-state index contributed by atoms with van der Waals surface area (Å²) < 4.78 is 5.06. The van der Waals surface area contributed by atoms with Crippen LogP contribution in [0.4, 0.5) is 11.4 Å². The number of rotatable bonds is 4.